The summed E-state index contributed by atoms with van der Waals surface area (Å²) in [7, 11) is 3.54. The minimum Gasteiger partial charge on any atom is -0.496 e. The number of ether oxygens (including phenoxy) is 1. The van der Waals surface area contributed by atoms with Crippen LogP contribution >= 0.6 is 0 Å². The van der Waals surface area contributed by atoms with Crippen LogP contribution in [0.5, 0.6) is 5.75 Å². The number of hydrogen-bond acceptors (Lipinski definition) is 4. The number of rotatable bonds is 7. The fraction of sp³-hybridized carbons (Fsp3) is 0.545. The second kappa shape index (κ2) is 9.13. The van der Waals surface area contributed by atoms with Crippen LogP contribution in [-0.4, -0.2) is 31.8 Å². The van der Waals surface area contributed by atoms with E-state index in [2.05, 4.69) is 52.8 Å². The van der Waals surface area contributed by atoms with Crippen LogP contribution in [0, 0.1) is 0 Å². The van der Waals surface area contributed by atoms with Gasteiger partial charge in [-0.3, -0.25) is 4.99 Å². The van der Waals surface area contributed by atoms with Gasteiger partial charge in [0.2, 0.25) is 0 Å². The van der Waals surface area contributed by atoms with Crippen molar-refractivity contribution in [1.82, 2.24) is 15.8 Å². The summed E-state index contributed by atoms with van der Waals surface area (Å²) in [4.78, 5) is 4.37. The molecule has 1 aliphatic carbocycles. The average molecular weight is 385 g/mol. The topological polar surface area (TPSA) is 71.7 Å². The van der Waals surface area contributed by atoms with E-state index in [-0.39, 0.29) is 5.41 Å². The molecule has 0 spiro atoms. The van der Waals surface area contributed by atoms with Gasteiger partial charge in [0.15, 0.2) is 11.7 Å². The Labute approximate surface area is 167 Å². The summed E-state index contributed by atoms with van der Waals surface area (Å²) in [6.07, 6.45) is 4.78. The number of benzene rings is 1. The first-order valence-corrected chi connectivity index (χ1v) is 10.1. The minimum atomic E-state index is 0.0707. The molecule has 1 saturated carbocycles. The Kier molecular flexibility index (Phi) is 6.60. The Morgan fingerprint density at radius 3 is 2.64 bits per heavy atom. The monoisotopic (exact) mass is 384 g/mol. The third kappa shape index (κ3) is 4.49. The van der Waals surface area contributed by atoms with Gasteiger partial charge in [-0.1, -0.05) is 50.0 Å². The van der Waals surface area contributed by atoms with Gasteiger partial charge < -0.3 is 19.9 Å². The van der Waals surface area contributed by atoms with E-state index in [0.29, 0.717) is 12.5 Å². The molecule has 0 saturated heterocycles. The van der Waals surface area contributed by atoms with E-state index in [1.165, 1.54) is 18.4 Å². The lowest BCUT2D eigenvalue weighted by Crippen LogP contribution is -2.44. The van der Waals surface area contributed by atoms with Crippen LogP contribution in [0.2, 0.25) is 0 Å². The lowest BCUT2D eigenvalue weighted by atomic mass is 9.78. The molecule has 2 aromatic rings. The van der Waals surface area contributed by atoms with Crippen LogP contribution in [0.1, 0.15) is 62.5 Å². The van der Waals surface area contributed by atoms with Crippen molar-refractivity contribution < 1.29 is 9.26 Å². The average Bonchev–Trinajstić information content (AvgIpc) is 3.38. The summed E-state index contributed by atoms with van der Waals surface area (Å²) in [5.74, 6) is 2.91. The number of aromatic nitrogens is 1. The maximum Gasteiger partial charge on any atom is 0.191 e. The van der Waals surface area contributed by atoms with Gasteiger partial charge >= 0.3 is 0 Å². The fourth-order valence-corrected chi connectivity index (χ4v) is 4.00. The Morgan fingerprint density at radius 2 is 2.00 bits per heavy atom. The van der Waals surface area contributed by atoms with Crippen molar-refractivity contribution in [3.8, 4) is 5.75 Å². The van der Waals surface area contributed by atoms with Crippen molar-refractivity contribution >= 4 is 5.96 Å². The highest BCUT2D eigenvalue weighted by molar-refractivity contribution is 5.79. The number of para-hydroxylation sites is 1. The predicted octanol–water partition coefficient (Wildman–Crippen LogP) is 3.98. The molecule has 6 heteroatoms. The van der Waals surface area contributed by atoms with Gasteiger partial charge in [-0.2, -0.15) is 0 Å². The molecule has 0 bridgehead atoms. The highest BCUT2D eigenvalue weighted by Crippen LogP contribution is 2.44. The quantitative estimate of drug-likeness (QED) is 0.558. The molecule has 6 nitrogen and oxygen atoms in total. The van der Waals surface area contributed by atoms with Crippen LogP contribution in [0.3, 0.4) is 0 Å². The van der Waals surface area contributed by atoms with E-state index in [0.717, 1.165) is 42.5 Å². The Balaban J connectivity index is 1.65. The van der Waals surface area contributed by atoms with E-state index in [1.807, 2.05) is 12.1 Å². The summed E-state index contributed by atoms with van der Waals surface area (Å²) in [6, 6.07) is 10.4. The molecular formula is C22H32N4O2. The van der Waals surface area contributed by atoms with E-state index >= 15 is 0 Å². The zero-order valence-electron chi connectivity index (χ0n) is 17.4. The van der Waals surface area contributed by atoms with Crippen molar-refractivity contribution in [3.05, 3.63) is 47.3 Å². The van der Waals surface area contributed by atoms with E-state index in [1.54, 1.807) is 14.2 Å². The molecule has 0 unspecified atom stereocenters. The lowest BCUT2D eigenvalue weighted by Gasteiger charge is -2.32. The van der Waals surface area contributed by atoms with Gasteiger partial charge in [0.25, 0.3) is 0 Å². The highest BCUT2D eigenvalue weighted by Gasteiger charge is 2.37. The third-order valence-corrected chi connectivity index (χ3v) is 5.66. The first-order valence-electron chi connectivity index (χ1n) is 10.1. The van der Waals surface area contributed by atoms with Gasteiger partial charge in [-0.15, -0.1) is 0 Å². The van der Waals surface area contributed by atoms with Gasteiger partial charge in [-0.05, 0) is 24.8 Å². The summed E-state index contributed by atoms with van der Waals surface area (Å²) >= 11 is 0. The number of nitrogens with zero attached hydrogens (tertiary/aromatic N) is 2. The molecular weight excluding hydrogens is 352 g/mol. The maximum atomic E-state index is 5.65. The van der Waals surface area contributed by atoms with Gasteiger partial charge in [0.1, 0.15) is 5.75 Å². The molecule has 0 atom stereocenters. The molecule has 28 heavy (non-hydrogen) atoms. The normalized spacial score (nSPS) is 16.4. The molecule has 0 radical (unpaired) electrons. The first-order chi connectivity index (χ1) is 13.6. The highest BCUT2D eigenvalue weighted by atomic mass is 16.5. The summed E-state index contributed by atoms with van der Waals surface area (Å²) in [6.45, 7) is 5.59. The van der Waals surface area contributed by atoms with Crippen molar-refractivity contribution in [2.45, 2.75) is 57.4 Å². The van der Waals surface area contributed by atoms with Crippen LogP contribution in [-0.2, 0) is 12.0 Å². The molecule has 1 aromatic carbocycles. The lowest BCUT2D eigenvalue weighted by molar-refractivity contribution is 0.367. The zero-order chi connectivity index (χ0) is 20.0. The van der Waals surface area contributed by atoms with Gasteiger partial charge in [0, 0.05) is 30.6 Å². The standard InChI is InChI=1S/C22H32N4O2/c1-16(2)19-13-17(28-26-19)14-24-21(23-3)25-15-22(11-7-8-12-22)18-9-5-6-10-20(18)27-4/h5-6,9-10,13,16H,7-8,11-12,14-15H2,1-4H3,(H2,23,24,25). The molecule has 0 aliphatic heterocycles. The number of nitrogens with one attached hydrogen (secondary N) is 2. The first kappa shape index (κ1) is 20.2. The van der Waals surface area contributed by atoms with Crippen molar-refractivity contribution in [3.63, 3.8) is 0 Å². The smallest absolute Gasteiger partial charge is 0.191 e. The molecule has 1 heterocycles. The maximum absolute atomic E-state index is 5.65. The van der Waals surface area contributed by atoms with Crippen LogP contribution < -0.4 is 15.4 Å². The van der Waals surface area contributed by atoms with Crippen LogP contribution in [0.15, 0.2) is 39.8 Å². The SMILES string of the molecule is CN=C(NCc1cc(C(C)C)no1)NCC1(c2ccccc2OC)CCCC1. The van der Waals surface area contributed by atoms with Crippen LogP contribution in [0.25, 0.3) is 0 Å². The predicted molar refractivity (Wildman–Crippen MR) is 112 cm³/mol. The largest absolute Gasteiger partial charge is 0.496 e. The Morgan fingerprint density at radius 1 is 1.25 bits per heavy atom. The zero-order valence-corrected chi connectivity index (χ0v) is 17.4. The molecule has 3 rings (SSSR count). The molecule has 0 amide bonds. The number of guanidine groups is 1. The molecule has 1 aromatic heterocycles. The Bertz CT molecular complexity index is 791. The summed E-state index contributed by atoms with van der Waals surface area (Å²) in [5, 5.41) is 11.0. The molecule has 1 fully saturated rings. The van der Waals surface area contributed by atoms with Crippen LogP contribution in [0.4, 0.5) is 0 Å². The number of hydrogen-bond donors (Lipinski definition) is 2. The second-order valence-electron chi connectivity index (χ2n) is 7.84. The van der Waals surface area contributed by atoms with E-state index in [4.69, 9.17) is 9.26 Å². The third-order valence-electron chi connectivity index (χ3n) is 5.66. The molecule has 152 valence electrons. The Hall–Kier alpha value is -2.50. The van der Waals surface area contributed by atoms with Crippen molar-refractivity contribution in [2.24, 2.45) is 4.99 Å². The fourth-order valence-electron chi connectivity index (χ4n) is 4.00. The van der Waals surface area contributed by atoms with E-state index < -0.39 is 0 Å². The summed E-state index contributed by atoms with van der Waals surface area (Å²) < 4.78 is 11.1. The summed E-state index contributed by atoms with van der Waals surface area (Å²) in [5.41, 5.74) is 2.33. The molecule has 2 N–H and O–H groups in total. The number of aliphatic imine (C=N–C) groups is 1. The van der Waals surface area contributed by atoms with Crippen molar-refractivity contribution in [2.75, 3.05) is 20.7 Å². The number of methoxy groups -OCH3 is 1. The van der Waals surface area contributed by atoms with E-state index in [9.17, 15) is 0 Å². The van der Waals surface area contributed by atoms with Crippen molar-refractivity contribution in [1.29, 1.82) is 0 Å². The molecule has 1 aliphatic rings. The van der Waals surface area contributed by atoms with Gasteiger partial charge in [0.05, 0.1) is 19.3 Å². The second-order valence-corrected chi connectivity index (χ2v) is 7.84. The van der Waals surface area contributed by atoms with Gasteiger partial charge in [-0.25, -0.2) is 0 Å². The minimum absolute atomic E-state index is 0.0707.